The van der Waals surface area contributed by atoms with Gasteiger partial charge in [0.2, 0.25) is 5.91 Å². The predicted octanol–water partition coefficient (Wildman–Crippen LogP) is 0.814. The summed E-state index contributed by atoms with van der Waals surface area (Å²) < 4.78 is 11.4. The number of carbonyl (C=O) groups excluding carboxylic acids is 1. The standard InChI is InChI=1S/C19H26N4O3/c24-18(17-14-9-26-10-15(14)17)23-5-1-2-19(12-23)11-22(6-7-25-13-19)16-8-20-3-4-21-16/h3-4,8,14-15,17H,1-2,5-7,9-13H2/t14-,15+,17?,19?. The van der Waals surface area contributed by atoms with Crippen molar-refractivity contribution in [1.29, 1.82) is 0 Å². The molecule has 4 aliphatic rings. The molecule has 2 unspecified atom stereocenters. The molecule has 1 spiro atoms. The van der Waals surface area contributed by atoms with Crippen LogP contribution >= 0.6 is 0 Å². The van der Waals surface area contributed by atoms with Gasteiger partial charge in [-0.15, -0.1) is 0 Å². The smallest absolute Gasteiger partial charge is 0.226 e. The largest absolute Gasteiger partial charge is 0.381 e. The second-order valence-electron chi connectivity index (χ2n) is 8.29. The van der Waals surface area contributed by atoms with E-state index in [4.69, 9.17) is 9.47 Å². The van der Waals surface area contributed by atoms with Gasteiger partial charge in [-0.25, -0.2) is 4.98 Å². The van der Waals surface area contributed by atoms with Crippen molar-refractivity contribution in [2.75, 3.05) is 57.5 Å². The van der Waals surface area contributed by atoms with Crippen molar-refractivity contribution < 1.29 is 14.3 Å². The fourth-order valence-corrected chi connectivity index (χ4v) is 5.10. The van der Waals surface area contributed by atoms with E-state index in [1.54, 1.807) is 12.4 Å². The Labute approximate surface area is 153 Å². The van der Waals surface area contributed by atoms with Crippen LogP contribution in [0.2, 0.25) is 0 Å². The Bertz CT molecular complexity index is 662. The van der Waals surface area contributed by atoms with Gasteiger partial charge in [0, 0.05) is 49.9 Å². The number of carbonyl (C=O) groups is 1. The zero-order valence-corrected chi connectivity index (χ0v) is 15.0. The number of fused-ring (bicyclic) bond motifs is 1. The van der Waals surface area contributed by atoms with E-state index < -0.39 is 0 Å². The Morgan fingerprint density at radius 2 is 2.04 bits per heavy atom. The lowest BCUT2D eigenvalue weighted by molar-refractivity contribution is -0.138. The molecule has 7 heteroatoms. The predicted molar refractivity (Wildman–Crippen MR) is 94.6 cm³/mol. The van der Waals surface area contributed by atoms with E-state index in [1.165, 1.54) is 0 Å². The molecule has 5 rings (SSSR count). The fourth-order valence-electron chi connectivity index (χ4n) is 5.10. The molecule has 26 heavy (non-hydrogen) atoms. The molecule has 0 radical (unpaired) electrons. The highest BCUT2D eigenvalue weighted by Gasteiger charge is 2.59. The van der Waals surface area contributed by atoms with Crippen LogP contribution in [0.5, 0.6) is 0 Å². The summed E-state index contributed by atoms with van der Waals surface area (Å²) in [6, 6.07) is 0. The maximum Gasteiger partial charge on any atom is 0.226 e. The molecule has 4 atom stereocenters. The molecule has 1 aromatic heterocycles. The average Bonchev–Trinajstić information content (AvgIpc) is 3.24. The van der Waals surface area contributed by atoms with Crippen LogP contribution in [-0.2, 0) is 14.3 Å². The van der Waals surface area contributed by atoms with Crippen molar-refractivity contribution >= 4 is 11.7 Å². The van der Waals surface area contributed by atoms with Gasteiger partial charge in [0.25, 0.3) is 0 Å². The third-order valence-electron chi connectivity index (χ3n) is 6.52. The minimum absolute atomic E-state index is 0.0115. The van der Waals surface area contributed by atoms with Crippen LogP contribution in [0.3, 0.4) is 0 Å². The Balaban J connectivity index is 1.31. The number of likely N-dealkylation sites (tertiary alicyclic amines) is 1. The highest BCUT2D eigenvalue weighted by atomic mass is 16.5. The summed E-state index contributed by atoms with van der Waals surface area (Å²) >= 11 is 0. The number of rotatable bonds is 2. The summed E-state index contributed by atoms with van der Waals surface area (Å²) in [5, 5.41) is 0. The van der Waals surface area contributed by atoms with E-state index in [-0.39, 0.29) is 11.3 Å². The van der Waals surface area contributed by atoms with Gasteiger partial charge in [0.1, 0.15) is 5.82 Å². The van der Waals surface area contributed by atoms with Gasteiger partial charge in [-0.1, -0.05) is 0 Å². The average molecular weight is 358 g/mol. The van der Waals surface area contributed by atoms with E-state index in [2.05, 4.69) is 19.8 Å². The molecule has 0 N–H and O–H groups in total. The third kappa shape index (κ3) is 2.87. The van der Waals surface area contributed by atoms with Crippen LogP contribution in [-0.4, -0.2) is 73.4 Å². The fraction of sp³-hybridized carbons (Fsp3) is 0.737. The van der Waals surface area contributed by atoms with Gasteiger partial charge in [-0.05, 0) is 24.7 Å². The van der Waals surface area contributed by atoms with Gasteiger partial charge in [0.05, 0.1) is 32.6 Å². The van der Waals surface area contributed by atoms with Gasteiger partial charge in [-0.2, -0.15) is 0 Å². The van der Waals surface area contributed by atoms with Gasteiger partial charge in [-0.3, -0.25) is 9.78 Å². The van der Waals surface area contributed by atoms with Crippen molar-refractivity contribution in [3.05, 3.63) is 18.6 Å². The molecule has 0 bridgehead atoms. The molecule has 3 aliphatic heterocycles. The van der Waals surface area contributed by atoms with E-state index in [0.29, 0.717) is 31.0 Å². The Kier molecular flexibility index (Phi) is 4.09. The van der Waals surface area contributed by atoms with Gasteiger partial charge in [0.15, 0.2) is 0 Å². The summed E-state index contributed by atoms with van der Waals surface area (Å²) in [5.74, 6) is 2.40. The summed E-state index contributed by atoms with van der Waals surface area (Å²) in [5.41, 5.74) is -0.0115. The Hall–Kier alpha value is -1.73. The third-order valence-corrected chi connectivity index (χ3v) is 6.52. The molecule has 140 valence electrons. The summed E-state index contributed by atoms with van der Waals surface area (Å²) in [6.07, 6.45) is 7.38. The van der Waals surface area contributed by atoms with Crippen molar-refractivity contribution in [1.82, 2.24) is 14.9 Å². The summed E-state index contributed by atoms with van der Waals surface area (Å²) in [6.45, 7) is 6.30. The van der Waals surface area contributed by atoms with E-state index in [9.17, 15) is 4.79 Å². The lowest BCUT2D eigenvalue weighted by atomic mass is 9.80. The maximum absolute atomic E-state index is 13.0. The minimum Gasteiger partial charge on any atom is -0.381 e. The summed E-state index contributed by atoms with van der Waals surface area (Å²) in [4.78, 5) is 26.1. The SMILES string of the molecule is O=C(C1[C@H]2COC[C@@H]12)N1CCCC2(COCCN(c3cnccn3)C2)C1. The van der Waals surface area contributed by atoms with Crippen molar-refractivity contribution in [3.8, 4) is 0 Å². The first-order chi connectivity index (χ1) is 12.8. The number of piperidine rings is 1. The van der Waals surface area contributed by atoms with Crippen molar-refractivity contribution in [2.24, 2.45) is 23.2 Å². The molecule has 0 aromatic carbocycles. The Morgan fingerprint density at radius 3 is 2.85 bits per heavy atom. The second-order valence-corrected chi connectivity index (χ2v) is 8.29. The first kappa shape index (κ1) is 16.4. The van der Waals surface area contributed by atoms with Crippen molar-refractivity contribution in [2.45, 2.75) is 12.8 Å². The second kappa shape index (κ2) is 6.46. The first-order valence-electron chi connectivity index (χ1n) is 9.71. The molecular formula is C19H26N4O3. The highest BCUT2D eigenvalue weighted by Crippen LogP contribution is 2.52. The van der Waals surface area contributed by atoms with Crippen molar-refractivity contribution in [3.63, 3.8) is 0 Å². The number of nitrogens with zero attached hydrogens (tertiary/aromatic N) is 4. The van der Waals surface area contributed by atoms with Gasteiger partial charge < -0.3 is 19.3 Å². The summed E-state index contributed by atoms with van der Waals surface area (Å²) in [7, 11) is 0. The number of ether oxygens (including phenoxy) is 2. The van der Waals surface area contributed by atoms with Crippen LogP contribution in [0.4, 0.5) is 5.82 Å². The molecule has 1 amide bonds. The monoisotopic (exact) mass is 358 g/mol. The number of anilines is 1. The molecule has 4 fully saturated rings. The zero-order chi connectivity index (χ0) is 17.6. The number of aromatic nitrogens is 2. The molecule has 1 aromatic rings. The molecule has 4 heterocycles. The number of hydrogen-bond acceptors (Lipinski definition) is 6. The molecule has 3 saturated heterocycles. The van der Waals surface area contributed by atoms with E-state index in [0.717, 1.165) is 58.1 Å². The zero-order valence-electron chi connectivity index (χ0n) is 15.0. The van der Waals surface area contributed by atoms with E-state index >= 15 is 0 Å². The molecule has 1 aliphatic carbocycles. The van der Waals surface area contributed by atoms with Crippen LogP contribution < -0.4 is 4.90 Å². The number of amides is 1. The van der Waals surface area contributed by atoms with Crippen LogP contribution in [0.25, 0.3) is 0 Å². The number of hydrogen-bond donors (Lipinski definition) is 0. The highest BCUT2D eigenvalue weighted by molar-refractivity contribution is 5.82. The van der Waals surface area contributed by atoms with Crippen LogP contribution in [0.15, 0.2) is 18.6 Å². The topological polar surface area (TPSA) is 67.8 Å². The molecular weight excluding hydrogens is 332 g/mol. The molecule has 1 saturated carbocycles. The van der Waals surface area contributed by atoms with Crippen LogP contribution in [0.1, 0.15) is 12.8 Å². The molecule has 7 nitrogen and oxygen atoms in total. The normalized spacial score (nSPS) is 36.7. The quantitative estimate of drug-likeness (QED) is 0.780. The minimum atomic E-state index is -0.0115. The van der Waals surface area contributed by atoms with Gasteiger partial charge >= 0.3 is 0 Å². The van der Waals surface area contributed by atoms with E-state index in [1.807, 2.05) is 6.20 Å². The first-order valence-corrected chi connectivity index (χ1v) is 9.71. The maximum atomic E-state index is 13.0. The Morgan fingerprint density at radius 1 is 1.15 bits per heavy atom. The lowest BCUT2D eigenvalue weighted by Crippen LogP contribution is -2.53. The lowest BCUT2D eigenvalue weighted by Gasteiger charge is -2.44. The van der Waals surface area contributed by atoms with Crippen LogP contribution in [0, 0.1) is 23.2 Å².